The third kappa shape index (κ3) is 3.17. The average molecular weight is 312 g/mol. The Kier molecular flexibility index (Phi) is 4.40. The van der Waals surface area contributed by atoms with E-state index in [1.165, 1.54) is 27.7 Å². The summed E-state index contributed by atoms with van der Waals surface area (Å²) in [5.41, 5.74) is 4.73. The van der Waals surface area contributed by atoms with E-state index < -0.39 is 11.9 Å². The molecule has 0 saturated heterocycles. The molecule has 0 aromatic carbocycles. The number of urea groups is 1. The molecule has 0 saturated carbocycles. The van der Waals surface area contributed by atoms with Crippen LogP contribution in [0, 0.1) is 0 Å². The van der Waals surface area contributed by atoms with Gasteiger partial charge >= 0.3 is 6.03 Å². The molecule has 9 heteroatoms. The molecule has 0 aliphatic heterocycles. The van der Waals surface area contributed by atoms with Gasteiger partial charge in [-0.25, -0.2) is 9.78 Å². The number of thioether (sulfide) groups is 1. The van der Waals surface area contributed by atoms with Crippen LogP contribution in [0.15, 0.2) is 21.4 Å². The smallest absolute Gasteiger partial charge is 0.318 e. The molecule has 20 heavy (non-hydrogen) atoms. The fourth-order valence-corrected chi connectivity index (χ4v) is 3.26. The largest absolute Gasteiger partial charge is 0.351 e. The Bertz CT molecular complexity index is 722. The van der Waals surface area contributed by atoms with E-state index in [1.807, 2.05) is 10.7 Å². The molecule has 2 rings (SSSR count). The van der Waals surface area contributed by atoms with E-state index >= 15 is 0 Å². The van der Waals surface area contributed by atoms with E-state index in [4.69, 9.17) is 5.73 Å². The van der Waals surface area contributed by atoms with Crippen molar-refractivity contribution in [2.45, 2.75) is 11.6 Å². The van der Waals surface area contributed by atoms with Crippen molar-refractivity contribution in [1.82, 2.24) is 14.9 Å². The number of nitrogens with zero attached hydrogens (tertiary/aromatic N) is 2. The highest BCUT2D eigenvalue weighted by molar-refractivity contribution is 7.99. The third-order valence-electron chi connectivity index (χ3n) is 2.49. The van der Waals surface area contributed by atoms with Crippen LogP contribution in [0.4, 0.5) is 4.79 Å². The fourth-order valence-electron chi connectivity index (χ4n) is 1.54. The van der Waals surface area contributed by atoms with Gasteiger partial charge in [0.2, 0.25) is 5.91 Å². The normalized spacial score (nSPS) is 10.7. The Labute approximate surface area is 122 Å². The SMILES string of the molecule is Cn1c(SCCC(=O)NC(N)=O)nc2sccc2c1=O. The quantitative estimate of drug-likeness (QED) is 0.637. The third-order valence-corrected chi connectivity index (χ3v) is 4.33. The van der Waals surface area contributed by atoms with E-state index in [0.717, 1.165) is 0 Å². The Morgan fingerprint density at radius 3 is 3.00 bits per heavy atom. The molecule has 0 aliphatic carbocycles. The summed E-state index contributed by atoms with van der Waals surface area (Å²) < 4.78 is 1.45. The minimum absolute atomic E-state index is 0.111. The van der Waals surface area contributed by atoms with Crippen LogP contribution < -0.4 is 16.6 Å². The first-order chi connectivity index (χ1) is 9.49. The first kappa shape index (κ1) is 14.5. The lowest BCUT2D eigenvalue weighted by atomic mass is 10.4. The number of carbonyl (C=O) groups excluding carboxylic acids is 2. The van der Waals surface area contributed by atoms with Crippen LogP contribution in [0.1, 0.15) is 6.42 Å². The van der Waals surface area contributed by atoms with Gasteiger partial charge in [-0.05, 0) is 11.4 Å². The number of carbonyl (C=O) groups is 2. The van der Waals surface area contributed by atoms with Crippen LogP contribution in [0.5, 0.6) is 0 Å². The number of nitrogens with one attached hydrogen (secondary N) is 1. The highest BCUT2D eigenvalue weighted by Crippen LogP contribution is 2.20. The monoisotopic (exact) mass is 312 g/mol. The number of aromatic nitrogens is 2. The molecule has 0 unspecified atom stereocenters. The molecule has 2 aromatic rings. The van der Waals surface area contributed by atoms with Crippen LogP contribution in [0.3, 0.4) is 0 Å². The lowest BCUT2D eigenvalue weighted by Crippen LogP contribution is -2.35. The number of hydrogen-bond donors (Lipinski definition) is 2. The maximum atomic E-state index is 12.0. The predicted octanol–water partition coefficient (Wildman–Crippen LogP) is 0.672. The Balaban J connectivity index is 2.07. The van der Waals surface area contributed by atoms with Crippen molar-refractivity contribution < 1.29 is 9.59 Å². The van der Waals surface area contributed by atoms with Gasteiger partial charge in [0.05, 0.1) is 5.39 Å². The van der Waals surface area contributed by atoms with Crippen molar-refractivity contribution in [1.29, 1.82) is 0 Å². The van der Waals surface area contributed by atoms with Gasteiger partial charge in [-0.1, -0.05) is 11.8 Å². The van der Waals surface area contributed by atoms with Crippen LogP contribution in [0.25, 0.3) is 10.2 Å². The second-order valence-electron chi connectivity index (χ2n) is 3.91. The molecule has 2 aromatic heterocycles. The van der Waals surface area contributed by atoms with Crippen molar-refractivity contribution in [2.24, 2.45) is 12.8 Å². The zero-order valence-corrected chi connectivity index (χ0v) is 12.2. The molecule has 0 atom stereocenters. The summed E-state index contributed by atoms with van der Waals surface area (Å²) in [6, 6.07) is 0.870. The maximum absolute atomic E-state index is 12.0. The van der Waals surface area contributed by atoms with Gasteiger partial charge in [-0.2, -0.15) is 0 Å². The molecule has 0 radical (unpaired) electrons. The standard InChI is InChI=1S/C11H12N4O3S2/c1-15-9(17)6-2-4-19-8(6)14-11(15)20-5-3-7(16)13-10(12)18/h2,4H,3,5H2,1H3,(H3,12,13,16,18). The summed E-state index contributed by atoms with van der Waals surface area (Å²) >= 11 is 2.67. The lowest BCUT2D eigenvalue weighted by Gasteiger charge is -2.06. The number of amides is 3. The number of imide groups is 1. The zero-order chi connectivity index (χ0) is 14.7. The minimum Gasteiger partial charge on any atom is -0.351 e. The van der Waals surface area contributed by atoms with Crippen LogP contribution in [-0.4, -0.2) is 27.2 Å². The molecule has 2 heterocycles. The molecule has 0 bridgehead atoms. The van der Waals surface area contributed by atoms with Crippen molar-refractivity contribution in [2.75, 3.05) is 5.75 Å². The fraction of sp³-hybridized carbons (Fsp3) is 0.273. The van der Waals surface area contributed by atoms with Crippen molar-refractivity contribution in [3.8, 4) is 0 Å². The predicted molar refractivity (Wildman–Crippen MR) is 77.9 cm³/mol. The molecule has 3 amide bonds. The van der Waals surface area contributed by atoms with Crippen LogP contribution >= 0.6 is 23.1 Å². The number of thiophene rings is 1. The van der Waals surface area contributed by atoms with Crippen molar-refractivity contribution in [3.63, 3.8) is 0 Å². The summed E-state index contributed by atoms with van der Waals surface area (Å²) in [7, 11) is 1.64. The second kappa shape index (κ2) is 6.06. The van der Waals surface area contributed by atoms with Gasteiger partial charge in [-0.3, -0.25) is 19.5 Å². The van der Waals surface area contributed by atoms with Crippen molar-refractivity contribution in [3.05, 3.63) is 21.8 Å². The molecule has 3 N–H and O–H groups in total. The minimum atomic E-state index is -0.870. The summed E-state index contributed by atoms with van der Waals surface area (Å²) in [4.78, 5) is 38.8. The Hall–Kier alpha value is -1.87. The van der Waals surface area contributed by atoms with E-state index in [2.05, 4.69) is 4.98 Å². The first-order valence-corrected chi connectivity index (χ1v) is 7.52. The van der Waals surface area contributed by atoms with Gasteiger partial charge < -0.3 is 5.73 Å². The molecular formula is C11H12N4O3S2. The summed E-state index contributed by atoms with van der Waals surface area (Å²) in [6.45, 7) is 0. The molecule has 7 nitrogen and oxygen atoms in total. The summed E-state index contributed by atoms with van der Waals surface area (Å²) in [5.74, 6) is -0.0526. The van der Waals surface area contributed by atoms with E-state index in [1.54, 1.807) is 13.1 Å². The summed E-state index contributed by atoms with van der Waals surface area (Å²) in [6.07, 6.45) is 0.117. The molecule has 0 spiro atoms. The number of rotatable bonds is 4. The van der Waals surface area contributed by atoms with Gasteiger partial charge in [-0.15, -0.1) is 11.3 Å². The van der Waals surface area contributed by atoms with Gasteiger partial charge in [0.15, 0.2) is 5.16 Å². The number of nitrogens with two attached hydrogens (primary N) is 1. The number of primary amides is 1. The summed E-state index contributed by atoms with van der Waals surface area (Å²) in [5, 5.41) is 4.92. The molecular weight excluding hydrogens is 300 g/mol. The van der Waals surface area contributed by atoms with E-state index in [0.29, 0.717) is 21.1 Å². The average Bonchev–Trinajstić information content (AvgIpc) is 2.82. The number of hydrogen-bond acceptors (Lipinski definition) is 6. The van der Waals surface area contributed by atoms with Crippen LogP contribution in [-0.2, 0) is 11.8 Å². The second-order valence-corrected chi connectivity index (χ2v) is 5.87. The highest BCUT2D eigenvalue weighted by atomic mass is 32.2. The first-order valence-electron chi connectivity index (χ1n) is 5.65. The molecule has 0 fully saturated rings. The van der Waals surface area contributed by atoms with Crippen LogP contribution in [0.2, 0.25) is 0 Å². The van der Waals surface area contributed by atoms with E-state index in [9.17, 15) is 14.4 Å². The lowest BCUT2D eigenvalue weighted by molar-refractivity contribution is -0.119. The van der Waals surface area contributed by atoms with Crippen molar-refractivity contribution >= 4 is 45.3 Å². The maximum Gasteiger partial charge on any atom is 0.318 e. The highest BCUT2D eigenvalue weighted by Gasteiger charge is 2.10. The van der Waals surface area contributed by atoms with Gasteiger partial charge in [0, 0.05) is 19.2 Å². The number of fused-ring (bicyclic) bond motifs is 1. The molecule has 0 aliphatic rings. The molecule has 106 valence electrons. The van der Waals surface area contributed by atoms with Gasteiger partial charge in [0.1, 0.15) is 4.83 Å². The topological polar surface area (TPSA) is 107 Å². The Morgan fingerprint density at radius 1 is 1.55 bits per heavy atom. The van der Waals surface area contributed by atoms with Gasteiger partial charge in [0.25, 0.3) is 5.56 Å². The Morgan fingerprint density at radius 2 is 2.30 bits per heavy atom. The van der Waals surface area contributed by atoms with E-state index in [-0.39, 0.29) is 12.0 Å². The zero-order valence-electron chi connectivity index (χ0n) is 10.6.